The lowest BCUT2D eigenvalue weighted by Gasteiger charge is -2.16. The molecule has 0 spiro atoms. The van der Waals surface area contributed by atoms with E-state index in [9.17, 15) is 9.59 Å². The Morgan fingerprint density at radius 1 is 1.15 bits per heavy atom. The van der Waals surface area contributed by atoms with Crippen molar-refractivity contribution in [1.82, 2.24) is 15.2 Å². The zero-order valence-electron chi connectivity index (χ0n) is 14.8. The van der Waals surface area contributed by atoms with Crippen LogP contribution >= 0.6 is 11.3 Å². The molecule has 0 fully saturated rings. The maximum atomic E-state index is 12.2. The molecule has 2 amide bonds. The van der Waals surface area contributed by atoms with Crippen LogP contribution in [-0.2, 0) is 16.1 Å². The zero-order chi connectivity index (χ0) is 18.4. The second-order valence-corrected chi connectivity index (χ2v) is 7.22. The van der Waals surface area contributed by atoms with Crippen LogP contribution in [0.5, 0.6) is 0 Å². The lowest BCUT2D eigenvalue weighted by molar-refractivity contribution is -0.122. The van der Waals surface area contributed by atoms with Gasteiger partial charge in [-0.1, -0.05) is 24.3 Å². The number of para-hydroxylation sites is 1. The van der Waals surface area contributed by atoms with Gasteiger partial charge in [0, 0.05) is 36.6 Å². The molecule has 1 atom stereocenters. The molecule has 6 heteroatoms. The van der Waals surface area contributed by atoms with Crippen LogP contribution < -0.4 is 10.6 Å². The summed E-state index contributed by atoms with van der Waals surface area (Å²) < 4.78 is 2.20. The molecule has 5 nitrogen and oxygen atoms in total. The molecule has 1 unspecified atom stereocenters. The number of hydrogen-bond acceptors (Lipinski definition) is 3. The lowest BCUT2D eigenvalue weighted by atomic mass is 10.1. The number of rotatable bonds is 8. The van der Waals surface area contributed by atoms with E-state index in [-0.39, 0.29) is 24.3 Å². The Morgan fingerprint density at radius 3 is 2.77 bits per heavy atom. The number of amides is 2. The Bertz CT molecular complexity index is 870. The van der Waals surface area contributed by atoms with Crippen LogP contribution in [0.25, 0.3) is 10.9 Å². The first-order valence-electron chi connectivity index (χ1n) is 8.74. The molecule has 0 saturated heterocycles. The summed E-state index contributed by atoms with van der Waals surface area (Å²) in [5, 5.41) is 8.99. The van der Waals surface area contributed by atoms with Gasteiger partial charge in [-0.05, 0) is 35.4 Å². The Hall–Kier alpha value is -2.60. The average Bonchev–Trinajstić information content (AvgIpc) is 3.28. The van der Waals surface area contributed by atoms with Crippen molar-refractivity contribution in [2.24, 2.45) is 0 Å². The first kappa shape index (κ1) is 18.2. The maximum absolute atomic E-state index is 12.2. The van der Waals surface area contributed by atoms with Crippen molar-refractivity contribution < 1.29 is 9.59 Å². The molecule has 3 aromatic rings. The summed E-state index contributed by atoms with van der Waals surface area (Å²) in [5.41, 5.74) is 1.21. The van der Waals surface area contributed by atoms with Gasteiger partial charge >= 0.3 is 0 Å². The molecule has 2 N–H and O–H groups in total. The number of nitrogens with one attached hydrogen (secondary N) is 2. The number of aromatic nitrogens is 1. The Labute approximate surface area is 157 Å². The van der Waals surface area contributed by atoms with E-state index in [1.807, 2.05) is 29.6 Å². The van der Waals surface area contributed by atoms with Gasteiger partial charge in [0.2, 0.25) is 11.8 Å². The fourth-order valence-electron chi connectivity index (χ4n) is 3.03. The van der Waals surface area contributed by atoms with Crippen molar-refractivity contribution in [2.75, 3.05) is 6.54 Å². The van der Waals surface area contributed by atoms with Gasteiger partial charge in [-0.25, -0.2) is 0 Å². The Kier molecular flexibility index (Phi) is 6.07. The molecule has 136 valence electrons. The summed E-state index contributed by atoms with van der Waals surface area (Å²) in [7, 11) is 0. The molecule has 0 aliphatic rings. The summed E-state index contributed by atoms with van der Waals surface area (Å²) >= 11 is 1.54. The van der Waals surface area contributed by atoms with Gasteiger partial charge in [0.15, 0.2) is 0 Å². The van der Waals surface area contributed by atoms with Crippen molar-refractivity contribution >= 4 is 34.1 Å². The van der Waals surface area contributed by atoms with Gasteiger partial charge in [0.05, 0.1) is 12.5 Å². The number of hydrogen-bond donors (Lipinski definition) is 2. The topological polar surface area (TPSA) is 63.1 Å². The highest BCUT2D eigenvalue weighted by Crippen LogP contribution is 2.22. The number of thiophene rings is 1. The minimum Gasteiger partial charge on any atom is -0.356 e. The maximum Gasteiger partial charge on any atom is 0.222 e. The first-order chi connectivity index (χ1) is 12.6. The van der Waals surface area contributed by atoms with Crippen LogP contribution in [0.15, 0.2) is 54.0 Å². The zero-order valence-corrected chi connectivity index (χ0v) is 15.6. The van der Waals surface area contributed by atoms with Crippen LogP contribution in [0, 0.1) is 0 Å². The quantitative estimate of drug-likeness (QED) is 0.597. The molecule has 0 saturated carbocycles. The highest BCUT2D eigenvalue weighted by Gasteiger charge is 2.17. The molecule has 3 rings (SSSR count). The third-order valence-corrected chi connectivity index (χ3v) is 5.22. The lowest BCUT2D eigenvalue weighted by Crippen LogP contribution is -2.32. The summed E-state index contributed by atoms with van der Waals surface area (Å²) in [6, 6.07) is 14.0. The van der Waals surface area contributed by atoms with Crippen LogP contribution in [0.1, 0.15) is 30.7 Å². The molecule has 0 radical (unpaired) electrons. The van der Waals surface area contributed by atoms with Gasteiger partial charge in [0.1, 0.15) is 0 Å². The Morgan fingerprint density at radius 2 is 2.00 bits per heavy atom. The van der Waals surface area contributed by atoms with Crippen LogP contribution in [0.3, 0.4) is 0 Å². The molecule has 0 bridgehead atoms. The molecular formula is C20H23N3O2S. The van der Waals surface area contributed by atoms with Crippen molar-refractivity contribution in [2.45, 2.75) is 32.4 Å². The summed E-state index contributed by atoms with van der Waals surface area (Å²) in [6.45, 7) is 2.94. The van der Waals surface area contributed by atoms with E-state index < -0.39 is 0 Å². The molecular weight excluding hydrogens is 346 g/mol. The van der Waals surface area contributed by atoms with Gasteiger partial charge in [0.25, 0.3) is 0 Å². The monoisotopic (exact) mass is 369 g/mol. The standard InChI is InChI=1S/C20H23N3O2S/c1-15(24)22-17(19-8-4-13-26-19)14-20(25)21-10-5-11-23-12-9-16-6-2-3-7-18(16)23/h2-4,6-9,12-13,17H,5,10-11,14H2,1H3,(H,21,25)(H,22,24). The second-order valence-electron chi connectivity index (χ2n) is 6.24. The van der Waals surface area contributed by atoms with E-state index in [0.29, 0.717) is 6.54 Å². The predicted octanol–water partition coefficient (Wildman–Crippen LogP) is 3.48. The number of carbonyl (C=O) groups excluding carboxylic acids is 2. The number of carbonyl (C=O) groups is 2. The number of benzene rings is 1. The van der Waals surface area contributed by atoms with E-state index in [0.717, 1.165) is 17.8 Å². The minimum absolute atomic E-state index is 0.0467. The SMILES string of the molecule is CC(=O)NC(CC(=O)NCCCn1ccc2ccccc21)c1cccs1. The minimum atomic E-state index is -0.263. The van der Waals surface area contributed by atoms with Gasteiger partial charge in [-0.2, -0.15) is 0 Å². The van der Waals surface area contributed by atoms with E-state index in [1.54, 1.807) is 11.3 Å². The smallest absolute Gasteiger partial charge is 0.222 e. The highest BCUT2D eigenvalue weighted by molar-refractivity contribution is 7.10. The molecule has 1 aromatic carbocycles. The number of aryl methyl sites for hydroxylation is 1. The third kappa shape index (κ3) is 4.73. The van der Waals surface area contributed by atoms with Crippen LogP contribution in [-0.4, -0.2) is 22.9 Å². The molecule has 2 heterocycles. The normalized spacial score (nSPS) is 12.0. The van der Waals surface area contributed by atoms with Crippen molar-refractivity contribution in [3.05, 3.63) is 58.9 Å². The first-order valence-corrected chi connectivity index (χ1v) is 9.62. The third-order valence-electron chi connectivity index (χ3n) is 4.23. The van der Waals surface area contributed by atoms with Crippen molar-refractivity contribution in [3.63, 3.8) is 0 Å². The number of fused-ring (bicyclic) bond motifs is 1. The van der Waals surface area contributed by atoms with E-state index >= 15 is 0 Å². The molecule has 26 heavy (non-hydrogen) atoms. The van der Waals surface area contributed by atoms with Crippen LogP contribution in [0.2, 0.25) is 0 Å². The largest absolute Gasteiger partial charge is 0.356 e. The van der Waals surface area contributed by atoms with E-state index in [1.165, 1.54) is 17.8 Å². The fraction of sp³-hybridized carbons (Fsp3) is 0.300. The van der Waals surface area contributed by atoms with Gasteiger partial charge in [-0.3, -0.25) is 9.59 Å². The molecule has 0 aliphatic heterocycles. The molecule has 0 aliphatic carbocycles. The average molecular weight is 369 g/mol. The van der Waals surface area contributed by atoms with E-state index in [2.05, 4.69) is 39.6 Å². The fourth-order valence-corrected chi connectivity index (χ4v) is 3.81. The highest BCUT2D eigenvalue weighted by atomic mass is 32.1. The Balaban J connectivity index is 1.46. The second kappa shape index (κ2) is 8.67. The predicted molar refractivity (Wildman–Crippen MR) is 105 cm³/mol. The van der Waals surface area contributed by atoms with Crippen LogP contribution in [0.4, 0.5) is 0 Å². The summed E-state index contributed by atoms with van der Waals surface area (Å²) in [4.78, 5) is 24.6. The van der Waals surface area contributed by atoms with E-state index in [4.69, 9.17) is 0 Å². The van der Waals surface area contributed by atoms with Gasteiger partial charge in [-0.15, -0.1) is 11.3 Å². The van der Waals surface area contributed by atoms with Crippen molar-refractivity contribution in [3.8, 4) is 0 Å². The molecule has 2 aromatic heterocycles. The van der Waals surface area contributed by atoms with Crippen molar-refractivity contribution in [1.29, 1.82) is 0 Å². The number of nitrogens with zero attached hydrogens (tertiary/aromatic N) is 1. The van der Waals surface area contributed by atoms with Gasteiger partial charge < -0.3 is 15.2 Å². The summed E-state index contributed by atoms with van der Waals surface area (Å²) in [5.74, 6) is -0.176. The summed E-state index contributed by atoms with van der Waals surface area (Å²) in [6.07, 6.45) is 3.19.